The summed E-state index contributed by atoms with van der Waals surface area (Å²) in [5.41, 5.74) is 6.89. The van der Waals surface area contributed by atoms with E-state index in [1.165, 1.54) is 5.56 Å². The third-order valence-electron chi connectivity index (χ3n) is 4.07. The van der Waals surface area contributed by atoms with Crippen LogP contribution in [0.15, 0.2) is 40.8 Å². The van der Waals surface area contributed by atoms with Gasteiger partial charge in [-0.05, 0) is 36.4 Å². The van der Waals surface area contributed by atoms with E-state index in [0.29, 0.717) is 5.95 Å². The second kappa shape index (κ2) is 6.60. The standard InChI is InChI=1S/C18H18N6S/c1-3-9-24-14-7-5-4-6-13(14)16-17(24)20-18(23-21-16)22-19-11-15-12(2)8-10-25-15/h4-8,10-11H,3,9H2,1-2H3,(H,20,22,23)/b19-11+. The lowest BCUT2D eigenvalue weighted by atomic mass is 10.2. The van der Waals surface area contributed by atoms with Gasteiger partial charge in [0.25, 0.3) is 5.95 Å². The first-order valence-electron chi connectivity index (χ1n) is 8.22. The highest BCUT2D eigenvalue weighted by Gasteiger charge is 2.13. The van der Waals surface area contributed by atoms with Crippen LogP contribution in [0.3, 0.4) is 0 Å². The molecule has 0 amide bonds. The van der Waals surface area contributed by atoms with Crippen LogP contribution in [0.4, 0.5) is 5.95 Å². The predicted octanol–water partition coefficient (Wildman–Crippen LogP) is 4.21. The maximum absolute atomic E-state index is 4.64. The van der Waals surface area contributed by atoms with Gasteiger partial charge in [0.05, 0.1) is 11.7 Å². The molecule has 0 aliphatic rings. The Balaban J connectivity index is 1.72. The maximum atomic E-state index is 4.64. The van der Waals surface area contributed by atoms with Crippen molar-refractivity contribution in [1.82, 2.24) is 19.7 Å². The van der Waals surface area contributed by atoms with Crippen LogP contribution < -0.4 is 5.43 Å². The lowest BCUT2D eigenvalue weighted by Gasteiger charge is -2.04. The molecule has 0 unspecified atom stereocenters. The third kappa shape index (κ3) is 2.87. The fourth-order valence-electron chi connectivity index (χ4n) is 2.87. The predicted molar refractivity (Wildman–Crippen MR) is 103 cm³/mol. The van der Waals surface area contributed by atoms with Crippen LogP contribution in [0.2, 0.25) is 0 Å². The summed E-state index contributed by atoms with van der Waals surface area (Å²) in [6.45, 7) is 5.10. The van der Waals surface area contributed by atoms with Crippen LogP contribution in [0.25, 0.3) is 22.1 Å². The Labute approximate surface area is 149 Å². The normalized spacial score (nSPS) is 11.8. The van der Waals surface area contributed by atoms with E-state index in [9.17, 15) is 0 Å². The van der Waals surface area contributed by atoms with E-state index < -0.39 is 0 Å². The van der Waals surface area contributed by atoms with E-state index in [1.807, 2.05) is 17.5 Å². The molecule has 0 aliphatic heterocycles. The molecule has 3 aromatic heterocycles. The van der Waals surface area contributed by atoms with Crippen LogP contribution >= 0.6 is 11.3 Å². The van der Waals surface area contributed by atoms with Gasteiger partial charge in [0, 0.05) is 16.8 Å². The van der Waals surface area contributed by atoms with Crippen molar-refractivity contribution >= 4 is 45.6 Å². The number of thiophene rings is 1. The van der Waals surface area contributed by atoms with Crippen LogP contribution in [0.1, 0.15) is 23.8 Å². The molecule has 0 radical (unpaired) electrons. The molecule has 4 aromatic rings. The molecule has 6 nitrogen and oxygen atoms in total. The number of para-hydroxylation sites is 1. The van der Waals surface area contributed by atoms with Gasteiger partial charge >= 0.3 is 0 Å². The summed E-state index contributed by atoms with van der Waals surface area (Å²) in [5, 5.41) is 15.9. The molecule has 0 atom stereocenters. The Hall–Kier alpha value is -2.80. The monoisotopic (exact) mass is 350 g/mol. The van der Waals surface area contributed by atoms with Gasteiger partial charge in [-0.3, -0.25) is 0 Å². The Morgan fingerprint density at radius 1 is 1.24 bits per heavy atom. The summed E-state index contributed by atoms with van der Waals surface area (Å²) in [4.78, 5) is 5.75. The number of anilines is 1. The molecule has 0 bridgehead atoms. The van der Waals surface area contributed by atoms with E-state index in [4.69, 9.17) is 0 Å². The molecule has 0 saturated heterocycles. The summed E-state index contributed by atoms with van der Waals surface area (Å²) < 4.78 is 2.19. The van der Waals surface area contributed by atoms with Gasteiger partial charge in [0.2, 0.25) is 0 Å². The number of aromatic nitrogens is 4. The van der Waals surface area contributed by atoms with Crippen molar-refractivity contribution in [2.24, 2.45) is 5.10 Å². The number of nitrogens with zero attached hydrogens (tertiary/aromatic N) is 5. The van der Waals surface area contributed by atoms with Gasteiger partial charge in [-0.1, -0.05) is 25.1 Å². The highest BCUT2D eigenvalue weighted by atomic mass is 32.1. The Kier molecular flexibility index (Phi) is 4.15. The van der Waals surface area contributed by atoms with E-state index in [2.05, 4.69) is 62.3 Å². The fourth-order valence-corrected chi connectivity index (χ4v) is 3.65. The van der Waals surface area contributed by atoms with E-state index >= 15 is 0 Å². The SMILES string of the molecule is CCCn1c2ccccc2c2nnc(N/N=C/c3sccc3C)nc21. The van der Waals surface area contributed by atoms with Crippen molar-refractivity contribution in [3.8, 4) is 0 Å². The quantitative estimate of drug-likeness (QED) is 0.432. The van der Waals surface area contributed by atoms with Gasteiger partial charge in [-0.15, -0.1) is 21.5 Å². The summed E-state index contributed by atoms with van der Waals surface area (Å²) >= 11 is 1.65. The fraction of sp³-hybridized carbons (Fsp3) is 0.222. The van der Waals surface area contributed by atoms with Gasteiger partial charge in [0.1, 0.15) is 5.52 Å². The first-order valence-corrected chi connectivity index (χ1v) is 9.10. The molecular weight excluding hydrogens is 332 g/mol. The Morgan fingerprint density at radius 2 is 2.12 bits per heavy atom. The average molecular weight is 350 g/mol. The molecule has 0 spiro atoms. The number of fused-ring (bicyclic) bond motifs is 3. The van der Waals surface area contributed by atoms with Crippen molar-refractivity contribution < 1.29 is 0 Å². The number of nitrogens with one attached hydrogen (secondary N) is 1. The lowest BCUT2D eigenvalue weighted by Crippen LogP contribution is -2.03. The molecule has 0 fully saturated rings. The smallest absolute Gasteiger partial charge is 0.265 e. The summed E-state index contributed by atoms with van der Waals surface area (Å²) in [7, 11) is 0. The largest absolute Gasteiger partial charge is 0.324 e. The maximum Gasteiger partial charge on any atom is 0.265 e. The topological polar surface area (TPSA) is 68.0 Å². The summed E-state index contributed by atoms with van der Waals surface area (Å²) in [5.74, 6) is 0.401. The van der Waals surface area contributed by atoms with Crippen molar-refractivity contribution in [2.45, 2.75) is 26.8 Å². The Bertz CT molecular complexity index is 1060. The number of hydrogen-bond donors (Lipinski definition) is 1. The highest BCUT2D eigenvalue weighted by molar-refractivity contribution is 7.11. The molecule has 25 heavy (non-hydrogen) atoms. The summed E-state index contributed by atoms with van der Waals surface area (Å²) in [6, 6.07) is 10.3. The highest BCUT2D eigenvalue weighted by Crippen LogP contribution is 2.26. The van der Waals surface area contributed by atoms with Crippen molar-refractivity contribution in [3.05, 3.63) is 46.2 Å². The molecule has 0 aliphatic carbocycles. The minimum absolute atomic E-state index is 0.401. The lowest BCUT2D eigenvalue weighted by molar-refractivity contribution is 0.716. The van der Waals surface area contributed by atoms with Crippen LogP contribution in [0, 0.1) is 6.92 Å². The Morgan fingerprint density at radius 3 is 2.92 bits per heavy atom. The second-order valence-corrected chi connectivity index (χ2v) is 6.76. The minimum Gasteiger partial charge on any atom is -0.324 e. The zero-order chi connectivity index (χ0) is 17.2. The van der Waals surface area contributed by atoms with Crippen LogP contribution in [0.5, 0.6) is 0 Å². The zero-order valence-corrected chi connectivity index (χ0v) is 14.9. The number of benzene rings is 1. The van der Waals surface area contributed by atoms with Gasteiger partial charge in [0.15, 0.2) is 5.65 Å². The van der Waals surface area contributed by atoms with Crippen LogP contribution in [-0.2, 0) is 6.54 Å². The molecule has 1 N–H and O–H groups in total. The van der Waals surface area contributed by atoms with Crippen molar-refractivity contribution in [1.29, 1.82) is 0 Å². The molecule has 0 saturated carbocycles. The van der Waals surface area contributed by atoms with Crippen LogP contribution in [-0.4, -0.2) is 26.0 Å². The first-order chi connectivity index (χ1) is 12.3. The molecule has 1 aromatic carbocycles. The minimum atomic E-state index is 0.401. The molecule has 7 heteroatoms. The molecule has 126 valence electrons. The van der Waals surface area contributed by atoms with Gasteiger partial charge in [-0.25, -0.2) is 5.43 Å². The third-order valence-corrected chi connectivity index (χ3v) is 5.02. The first kappa shape index (κ1) is 15.7. The van der Waals surface area contributed by atoms with Gasteiger partial charge in [-0.2, -0.15) is 10.1 Å². The molecular formula is C18H18N6S. The second-order valence-electron chi connectivity index (χ2n) is 5.81. The van der Waals surface area contributed by atoms with Crippen molar-refractivity contribution in [3.63, 3.8) is 0 Å². The van der Waals surface area contributed by atoms with Crippen molar-refractivity contribution in [2.75, 3.05) is 5.43 Å². The van der Waals surface area contributed by atoms with E-state index in [-0.39, 0.29) is 0 Å². The summed E-state index contributed by atoms with van der Waals surface area (Å²) in [6.07, 6.45) is 2.81. The number of hydrogen-bond acceptors (Lipinski definition) is 6. The molecule has 4 rings (SSSR count). The number of hydrazone groups is 1. The van der Waals surface area contributed by atoms with E-state index in [1.54, 1.807) is 17.6 Å². The zero-order valence-electron chi connectivity index (χ0n) is 14.1. The number of rotatable bonds is 5. The van der Waals surface area contributed by atoms with E-state index in [0.717, 1.165) is 39.9 Å². The number of aryl methyl sites for hydroxylation is 2. The average Bonchev–Trinajstić information content (AvgIpc) is 3.18. The molecule has 3 heterocycles. The van der Waals surface area contributed by atoms with Gasteiger partial charge < -0.3 is 4.57 Å².